The number of hydrogen-bond acceptors (Lipinski definition) is 6. The van der Waals surface area contributed by atoms with Gasteiger partial charge in [-0.25, -0.2) is 0 Å². The molecule has 0 radical (unpaired) electrons. The van der Waals surface area contributed by atoms with Crippen LogP contribution in [0.1, 0.15) is 5.56 Å². The van der Waals surface area contributed by atoms with Crippen molar-refractivity contribution < 1.29 is 9.47 Å². The second kappa shape index (κ2) is 7.16. The molecule has 1 aliphatic rings. The van der Waals surface area contributed by atoms with Crippen LogP contribution < -0.4 is 4.74 Å². The Bertz CT molecular complexity index is 840. The first-order chi connectivity index (χ1) is 12.3. The van der Waals surface area contributed by atoms with Gasteiger partial charge in [0.05, 0.1) is 13.2 Å². The van der Waals surface area contributed by atoms with E-state index in [4.69, 9.17) is 9.47 Å². The molecule has 130 valence electrons. The van der Waals surface area contributed by atoms with Crippen molar-refractivity contribution in [3.8, 4) is 17.3 Å². The highest BCUT2D eigenvalue weighted by molar-refractivity contribution is 5.59. The molecule has 0 unspecified atom stereocenters. The van der Waals surface area contributed by atoms with Crippen LogP contribution in [0.15, 0.2) is 36.4 Å². The van der Waals surface area contributed by atoms with E-state index < -0.39 is 0 Å². The lowest BCUT2D eigenvalue weighted by molar-refractivity contribution is 0.0319. The standard InChI is InChI=1S/C18H21N5O2/c1-14-2-4-15(5-3-14)18-20-19-16-6-7-17(21-23(16)18)25-13-10-22-8-11-24-12-9-22/h2-7H,8-13H2,1H3. The Morgan fingerprint density at radius 3 is 2.64 bits per heavy atom. The van der Waals surface area contributed by atoms with E-state index in [1.54, 1.807) is 4.52 Å². The van der Waals surface area contributed by atoms with Gasteiger partial charge in [0.2, 0.25) is 5.88 Å². The first kappa shape index (κ1) is 16.0. The van der Waals surface area contributed by atoms with Gasteiger partial charge < -0.3 is 9.47 Å². The maximum absolute atomic E-state index is 5.83. The van der Waals surface area contributed by atoms with Crippen molar-refractivity contribution in [2.45, 2.75) is 6.92 Å². The minimum atomic E-state index is 0.578. The summed E-state index contributed by atoms with van der Waals surface area (Å²) in [5, 5.41) is 13.0. The number of benzene rings is 1. The molecule has 1 aromatic carbocycles. The summed E-state index contributed by atoms with van der Waals surface area (Å²) >= 11 is 0. The van der Waals surface area contributed by atoms with E-state index in [0.717, 1.165) is 38.4 Å². The molecular weight excluding hydrogens is 318 g/mol. The molecule has 25 heavy (non-hydrogen) atoms. The first-order valence-electron chi connectivity index (χ1n) is 8.52. The Kier molecular flexibility index (Phi) is 4.58. The van der Waals surface area contributed by atoms with Gasteiger partial charge in [-0.1, -0.05) is 29.8 Å². The number of nitrogens with zero attached hydrogens (tertiary/aromatic N) is 5. The Morgan fingerprint density at radius 2 is 1.84 bits per heavy atom. The second-order valence-corrected chi connectivity index (χ2v) is 6.13. The molecule has 7 nitrogen and oxygen atoms in total. The number of ether oxygens (including phenoxy) is 2. The van der Waals surface area contributed by atoms with Gasteiger partial charge in [0, 0.05) is 31.3 Å². The van der Waals surface area contributed by atoms with Crippen LogP contribution in [-0.4, -0.2) is 64.2 Å². The minimum Gasteiger partial charge on any atom is -0.475 e. The predicted molar refractivity (Wildman–Crippen MR) is 93.7 cm³/mol. The molecule has 2 aromatic heterocycles. The van der Waals surface area contributed by atoms with Gasteiger partial charge in [-0.3, -0.25) is 4.90 Å². The highest BCUT2D eigenvalue weighted by Gasteiger charge is 2.12. The van der Waals surface area contributed by atoms with E-state index >= 15 is 0 Å². The van der Waals surface area contributed by atoms with Crippen molar-refractivity contribution in [2.75, 3.05) is 39.5 Å². The topological polar surface area (TPSA) is 64.8 Å². The summed E-state index contributed by atoms with van der Waals surface area (Å²) in [6, 6.07) is 11.9. The molecular formula is C18H21N5O2. The summed E-state index contributed by atoms with van der Waals surface area (Å²) in [6.45, 7) is 7.04. The SMILES string of the molecule is Cc1ccc(-c2nnc3ccc(OCCN4CCOCC4)nn23)cc1. The molecule has 1 fully saturated rings. The summed E-state index contributed by atoms with van der Waals surface area (Å²) in [7, 11) is 0. The molecule has 0 aliphatic carbocycles. The van der Waals surface area contributed by atoms with Crippen LogP contribution in [0.2, 0.25) is 0 Å². The summed E-state index contributed by atoms with van der Waals surface area (Å²) < 4.78 is 12.9. The van der Waals surface area contributed by atoms with E-state index in [-0.39, 0.29) is 0 Å². The lowest BCUT2D eigenvalue weighted by Gasteiger charge is -2.26. The highest BCUT2D eigenvalue weighted by atomic mass is 16.5. The van der Waals surface area contributed by atoms with Gasteiger partial charge in [-0.05, 0) is 13.0 Å². The highest BCUT2D eigenvalue weighted by Crippen LogP contribution is 2.19. The molecule has 0 bridgehead atoms. The molecule has 0 amide bonds. The molecule has 1 aliphatic heterocycles. The molecule has 0 N–H and O–H groups in total. The Balaban J connectivity index is 1.49. The normalized spacial score (nSPS) is 15.6. The number of aryl methyl sites for hydroxylation is 1. The fraction of sp³-hybridized carbons (Fsp3) is 0.389. The van der Waals surface area contributed by atoms with E-state index in [0.29, 0.717) is 24.0 Å². The van der Waals surface area contributed by atoms with Crippen LogP contribution in [0.4, 0.5) is 0 Å². The Hall–Kier alpha value is -2.51. The second-order valence-electron chi connectivity index (χ2n) is 6.13. The third kappa shape index (κ3) is 3.62. The fourth-order valence-electron chi connectivity index (χ4n) is 2.84. The largest absolute Gasteiger partial charge is 0.475 e. The predicted octanol–water partition coefficient (Wildman–Crippen LogP) is 1.81. The monoisotopic (exact) mass is 339 g/mol. The Morgan fingerprint density at radius 1 is 1.04 bits per heavy atom. The van der Waals surface area contributed by atoms with E-state index in [1.165, 1.54) is 5.56 Å². The third-order valence-corrected chi connectivity index (χ3v) is 4.31. The maximum atomic E-state index is 5.83. The Labute approximate surface area is 146 Å². The molecule has 7 heteroatoms. The van der Waals surface area contributed by atoms with Crippen LogP contribution in [0, 0.1) is 6.92 Å². The molecule has 3 aromatic rings. The molecule has 0 saturated carbocycles. The van der Waals surface area contributed by atoms with Crippen LogP contribution in [-0.2, 0) is 4.74 Å². The van der Waals surface area contributed by atoms with Crippen LogP contribution in [0.3, 0.4) is 0 Å². The zero-order chi connectivity index (χ0) is 17.1. The van der Waals surface area contributed by atoms with Gasteiger partial charge in [0.25, 0.3) is 0 Å². The summed E-state index contributed by atoms with van der Waals surface area (Å²) in [5.41, 5.74) is 2.89. The first-order valence-corrected chi connectivity index (χ1v) is 8.52. The van der Waals surface area contributed by atoms with Crippen molar-refractivity contribution in [2.24, 2.45) is 0 Å². The van der Waals surface area contributed by atoms with Gasteiger partial charge in [-0.15, -0.1) is 15.3 Å². The quantitative estimate of drug-likeness (QED) is 0.706. The van der Waals surface area contributed by atoms with Crippen LogP contribution >= 0.6 is 0 Å². The van der Waals surface area contributed by atoms with Crippen molar-refractivity contribution in [3.05, 3.63) is 42.0 Å². The third-order valence-electron chi connectivity index (χ3n) is 4.31. The van der Waals surface area contributed by atoms with Gasteiger partial charge in [-0.2, -0.15) is 4.52 Å². The number of fused-ring (bicyclic) bond motifs is 1. The number of rotatable bonds is 5. The number of aromatic nitrogens is 4. The maximum Gasteiger partial charge on any atom is 0.231 e. The van der Waals surface area contributed by atoms with Crippen molar-refractivity contribution >= 4 is 5.65 Å². The van der Waals surface area contributed by atoms with Crippen molar-refractivity contribution in [3.63, 3.8) is 0 Å². The summed E-state index contributed by atoms with van der Waals surface area (Å²) in [5.74, 6) is 1.29. The van der Waals surface area contributed by atoms with Crippen LogP contribution in [0.25, 0.3) is 17.0 Å². The lowest BCUT2D eigenvalue weighted by atomic mass is 10.1. The van der Waals surface area contributed by atoms with Gasteiger partial charge in [0.15, 0.2) is 11.5 Å². The number of morpholine rings is 1. The van der Waals surface area contributed by atoms with Crippen molar-refractivity contribution in [1.29, 1.82) is 0 Å². The average Bonchev–Trinajstić information content (AvgIpc) is 3.07. The minimum absolute atomic E-state index is 0.578. The molecule has 3 heterocycles. The van der Waals surface area contributed by atoms with Gasteiger partial charge in [0.1, 0.15) is 6.61 Å². The van der Waals surface area contributed by atoms with E-state index in [9.17, 15) is 0 Å². The zero-order valence-corrected chi connectivity index (χ0v) is 14.3. The van der Waals surface area contributed by atoms with E-state index in [2.05, 4.69) is 39.3 Å². The number of hydrogen-bond donors (Lipinski definition) is 0. The fourth-order valence-corrected chi connectivity index (χ4v) is 2.84. The lowest BCUT2D eigenvalue weighted by Crippen LogP contribution is -2.38. The van der Waals surface area contributed by atoms with Gasteiger partial charge >= 0.3 is 0 Å². The molecule has 4 rings (SSSR count). The molecule has 1 saturated heterocycles. The van der Waals surface area contributed by atoms with E-state index in [1.807, 2.05) is 24.3 Å². The zero-order valence-electron chi connectivity index (χ0n) is 14.3. The summed E-state index contributed by atoms with van der Waals surface area (Å²) in [6.07, 6.45) is 0. The van der Waals surface area contributed by atoms with Crippen LogP contribution in [0.5, 0.6) is 5.88 Å². The summed E-state index contributed by atoms with van der Waals surface area (Å²) in [4.78, 5) is 2.33. The average molecular weight is 339 g/mol. The smallest absolute Gasteiger partial charge is 0.231 e. The van der Waals surface area contributed by atoms with Crippen molar-refractivity contribution in [1.82, 2.24) is 24.7 Å². The molecule has 0 spiro atoms. The molecule has 0 atom stereocenters.